The predicted octanol–water partition coefficient (Wildman–Crippen LogP) is 6.91. The lowest BCUT2D eigenvalue weighted by Gasteiger charge is -2.09. The molecule has 6 aromatic rings. The zero-order valence-corrected chi connectivity index (χ0v) is 17.6. The van der Waals surface area contributed by atoms with Crippen LogP contribution in [0.3, 0.4) is 0 Å². The molecule has 0 saturated carbocycles. The highest BCUT2D eigenvalue weighted by Gasteiger charge is 2.12. The number of hydrogen-bond acceptors (Lipinski definition) is 0. The molecule has 1 aromatic heterocycles. The third-order valence-corrected chi connectivity index (χ3v) is 6.13. The van der Waals surface area contributed by atoms with Gasteiger partial charge < -0.3 is 4.57 Å². The fourth-order valence-corrected chi connectivity index (χ4v) is 4.58. The minimum absolute atomic E-state index is 0.784. The summed E-state index contributed by atoms with van der Waals surface area (Å²) >= 11 is 0. The number of nitrogens with zero attached hydrogens (tertiary/aromatic N) is 1. The third-order valence-electron chi connectivity index (χ3n) is 6.13. The number of rotatable bonds is 3. The normalized spacial score (nSPS) is 11.2. The monoisotopic (exact) mass is 405 g/mol. The Morgan fingerprint density at radius 3 is 1.81 bits per heavy atom. The lowest BCUT2D eigenvalue weighted by atomic mass is 9.92. The van der Waals surface area contributed by atoms with Crippen molar-refractivity contribution in [3.8, 4) is 27.9 Å². The molecule has 0 aliphatic rings. The Morgan fingerprint density at radius 1 is 0.438 bits per heavy atom. The second-order valence-corrected chi connectivity index (χ2v) is 8.12. The summed E-state index contributed by atoms with van der Waals surface area (Å²) in [6, 6.07) is 42.7. The molecule has 0 spiro atoms. The highest BCUT2D eigenvalue weighted by Crippen LogP contribution is 2.35. The van der Waals surface area contributed by atoms with Gasteiger partial charge in [-0.25, -0.2) is 0 Å². The molecule has 0 amide bonds. The second-order valence-electron chi connectivity index (χ2n) is 8.12. The van der Waals surface area contributed by atoms with Crippen molar-refractivity contribution in [2.24, 2.45) is 0 Å². The van der Waals surface area contributed by atoms with Gasteiger partial charge in [0.25, 0.3) is 0 Å². The number of para-hydroxylation sites is 2. The average molecular weight is 405 g/mol. The largest absolute Gasteiger partial charge is 0.309 e. The Labute approximate surface area is 189 Å². The van der Waals surface area contributed by atoms with E-state index in [1.165, 1.54) is 44.2 Å². The Bertz CT molecular complexity index is 1560. The molecule has 0 unspecified atom stereocenters. The van der Waals surface area contributed by atoms with Crippen LogP contribution in [0.4, 0.5) is 0 Å². The predicted molar refractivity (Wildman–Crippen MR) is 137 cm³/mol. The molecule has 0 aliphatic carbocycles. The van der Waals surface area contributed by atoms with E-state index in [2.05, 4.69) is 108 Å². The van der Waals surface area contributed by atoms with E-state index < -0.39 is 0 Å². The summed E-state index contributed by atoms with van der Waals surface area (Å²) in [5.41, 5.74) is 9.13. The third kappa shape index (κ3) is 3.12. The van der Waals surface area contributed by atoms with Crippen LogP contribution in [0.1, 0.15) is 0 Å². The first-order valence-corrected chi connectivity index (χ1v) is 10.8. The van der Waals surface area contributed by atoms with Gasteiger partial charge in [-0.05, 0) is 52.6 Å². The van der Waals surface area contributed by atoms with E-state index in [9.17, 15) is 0 Å². The first-order valence-electron chi connectivity index (χ1n) is 10.8. The van der Waals surface area contributed by atoms with Crippen LogP contribution in [0.25, 0.3) is 49.7 Å². The van der Waals surface area contributed by atoms with Crippen molar-refractivity contribution in [2.45, 2.75) is 0 Å². The van der Waals surface area contributed by atoms with Crippen molar-refractivity contribution in [3.63, 3.8) is 0 Å². The number of fused-ring (bicyclic) bond motifs is 3. The zero-order valence-electron chi connectivity index (χ0n) is 17.6. The van der Waals surface area contributed by atoms with Gasteiger partial charge in [-0.1, -0.05) is 96.5 Å². The van der Waals surface area contributed by atoms with E-state index in [1.807, 2.05) is 18.2 Å². The van der Waals surface area contributed by atoms with Gasteiger partial charge in [-0.15, -0.1) is 0 Å². The molecule has 0 fully saturated rings. The van der Waals surface area contributed by atoms with Gasteiger partial charge >= 0.3 is 0 Å². The van der Waals surface area contributed by atoms with Gasteiger partial charge in [-0.2, -0.15) is 0 Å². The molecule has 1 heterocycles. The van der Waals surface area contributed by atoms with Crippen LogP contribution in [0, 0.1) is 0 Å². The molecule has 148 valence electrons. The Balaban J connectivity index is 1.48. The van der Waals surface area contributed by atoms with Gasteiger partial charge in [0, 0.05) is 16.5 Å². The quantitative estimate of drug-likeness (QED) is 0.282. The number of aromatic nitrogens is 1. The fourth-order valence-electron chi connectivity index (χ4n) is 4.58. The molecule has 0 bridgehead atoms. The molecule has 5 aromatic carbocycles. The first kappa shape index (κ1) is 18.7. The summed E-state index contributed by atoms with van der Waals surface area (Å²) in [5.74, 6) is 0. The molecule has 0 N–H and O–H groups in total. The molecule has 0 atom stereocenters. The highest BCUT2D eigenvalue weighted by molar-refractivity contribution is 6.32. The molecule has 1 nitrogen and oxygen atoms in total. The highest BCUT2D eigenvalue weighted by atomic mass is 15.0. The van der Waals surface area contributed by atoms with E-state index in [1.54, 1.807) is 0 Å². The molecule has 2 radical (unpaired) electrons. The standard InChI is InChI=1S/C30H20BN/c31-25-8-6-7-23(19-25)21-13-15-22(16-14-21)24-17-18-30-28(20-24)27-11-4-5-12-29(27)32(30)26-9-2-1-3-10-26/h1-20H. The van der Waals surface area contributed by atoms with Crippen LogP contribution in [0.5, 0.6) is 0 Å². The van der Waals surface area contributed by atoms with Crippen molar-refractivity contribution >= 4 is 35.1 Å². The van der Waals surface area contributed by atoms with E-state index in [0.717, 1.165) is 11.0 Å². The van der Waals surface area contributed by atoms with Gasteiger partial charge in [0.05, 0.1) is 11.0 Å². The molecule has 2 heteroatoms. The van der Waals surface area contributed by atoms with Gasteiger partial charge in [0.1, 0.15) is 7.85 Å². The Morgan fingerprint density at radius 2 is 1.06 bits per heavy atom. The van der Waals surface area contributed by atoms with Crippen LogP contribution in [0.2, 0.25) is 0 Å². The van der Waals surface area contributed by atoms with Crippen LogP contribution in [0.15, 0.2) is 121 Å². The molecular weight excluding hydrogens is 385 g/mol. The summed E-state index contributed by atoms with van der Waals surface area (Å²) in [4.78, 5) is 0. The molecule has 32 heavy (non-hydrogen) atoms. The summed E-state index contributed by atoms with van der Waals surface area (Å²) in [5, 5.41) is 2.53. The average Bonchev–Trinajstić information content (AvgIpc) is 3.18. The van der Waals surface area contributed by atoms with E-state index in [0.29, 0.717) is 0 Å². The van der Waals surface area contributed by atoms with E-state index in [4.69, 9.17) is 7.85 Å². The minimum Gasteiger partial charge on any atom is -0.309 e. The molecule has 0 aliphatic heterocycles. The SMILES string of the molecule is [B]c1cccc(-c2ccc(-c3ccc4c(c3)c3ccccc3n4-c3ccccc3)cc2)c1. The first-order chi connectivity index (χ1) is 15.8. The van der Waals surface area contributed by atoms with Crippen molar-refractivity contribution < 1.29 is 0 Å². The lowest BCUT2D eigenvalue weighted by Crippen LogP contribution is -2.00. The minimum atomic E-state index is 0.784. The molecule has 0 saturated heterocycles. The summed E-state index contributed by atoms with van der Waals surface area (Å²) in [7, 11) is 5.96. The second kappa shape index (κ2) is 7.58. The van der Waals surface area contributed by atoms with E-state index in [-0.39, 0.29) is 0 Å². The van der Waals surface area contributed by atoms with Crippen LogP contribution >= 0.6 is 0 Å². The topological polar surface area (TPSA) is 4.93 Å². The van der Waals surface area contributed by atoms with Crippen LogP contribution in [-0.2, 0) is 0 Å². The van der Waals surface area contributed by atoms with E-state index >= 15 is 0 Å². The Hall–Kier alpha value is -4.04. The molecule has 6 rings (SSSR count). The molecular formula is C30H20BN. The van der Waals surface area contributed by atoms with Crippen molar-refractivity contribution in [1.29, 1.82) is 0 Å². The van der Waals surface area contributed by atoms with Crippen molar-refractivity contribution in [3.05, 3.63) is 121 Å². The van der Waals surface area contributed by atoms with Crippen LogP contribution < -0.4 is 5.46 Å². The van der Waals surface area contributed by atoms with Crippen molar-refractivity contribution in [1.82, 2.24) is 4.57 Å². The maximum Gasteiger partial charge on any atom is 0.113 e. The maximum atomic E-state index is 5.96. The van der Waals surface area contributed by atoms with Crippen LogP contribution in [-0.4, -0.2) is 12.4 Å². The number of hydrogen-bond donors (Lipinski definition) is 0. The van der Waals surface area contributed by atoms with Gasteiger partial charge in [-0.3, -0.25) is 0 Å². The smallest absolute Gasteiger partial charge is 0.113 e. The zero-order chi connectivity index (χ0) is 21.5. The fraction of sp³-hybridized carbons (Fsp3) is 0. The summed E-state index contributed by atoms with van der Waals surface area (Å²) < 4.78 is 2.34. The van der Waals surface area contributed by atoms with Crippen molar-refractivity contribution in [2.75, 3.05) is 0 Å². The lowest BCUT2D eigenvalue weighted by molar-refractivity contribution is 1.18. The van der Waals surface area contributed by atoms with Gasteiger partial charge in [0.15, 0.2) is 0 Å². The maximum absolute atomic E-state index is 5.96. The number of benzene rings is 5. The summed E-state index contributed by atoms with van der Waals surface area (Å²) in [6.07, 6.45) is 0. The summed E-state index contributed by atoms with van der Waals surface area (Å²) in [6.45, 7) is 0. The van der Waals surface area contributed by atoms with Gasteiger partial charge in [0.2, 0.25) is 0 Å². The Kier molecular flexibility index (Phi) is 4.43.